The zero-order chi connectivity index (χ0) is 14.5. The molecule has 0 saturated carbocycles. The van der Waals surface area contributed by atoms with Crippen molar-refractivity contribution in [2.24, 2.45) is 5.92 Å². The summed E-state index contributed by atoms with van der Waals surface area (Å²) in [5, 5.41) is 3.53. The molecule has 0 amide bonds. The van der Waals surface area contributed by atoms with E-state index in [1.54, 1.807) is 7.11 Å². The predicted octanol–water partition coefficient (Wildman–Crippen LogP) is 2.16. The molecule has 2 rings (SSSR count). The van der Waals surface area contributed by atoms with Crippen molar-refractivity contribution < 1.29 is 4.74 Å². The molecule has 0 fully saturated rings. The molecule has 4 heteroatoms. The van der Waals surface area contributed by atoms with Crippen LogP contribution < -0.4 is 5.32 Å². The smallest absolute Gasteiger partial charge is 0.131 e. The standard InChI is InChI=1S/C16H27N3O/c1-11(2)17-9-13-5-6-15-14(8-13)10-18-16(19-15)7-12(3)20-4/h10-13,17H,5-9H2,1-4H3. The van der Waals surface area contributed by atoms with E-state index in [1.807, 2.05) is 6.20 Å². The number of rotatable bonds is 6. The van der Waals surface area contributed by atoms with Gasteiger partial charge in [-0.3, -0.25) is 0 Å². The second-order valence-corrected chi connectivity index (χ2v) is 6.18. The number of aryl methyl sites for hydroxylation is 1. The van der Waals surface area contributed by atoms with E-state index in [0.717, 1.165) is 37.5 Å². The van der Waals surface area contributed by atoms with E-state index in [-0.39, 0.29) is 6.10 Å². The fourth-order valence-electron chi connectivity index (χ4n) is 2.64. The molecular weight excluding hydrogens is 250 g/mol. The fourth-order valence-corrected chi connectivity index (χ4v) is 2.64. The second-order valence-electron chi connectivity index (χ2n) is 6.18. The molecule has 2 atom stereocenters. The highest BCUT2D eigenvalue weighted by molar-refractivity contribution is 5.21. The van der Waals surface area contributed by atoms with Gasteiger partial charge >= 0.3 is 0 Å². The summed E-state index contributed by atoms with van der Waals surface area (Å²) in [6.07, 6.45) is 6.41. The Hall–Kier alpha value is -1.00. The number of nitrogens with zero attached hydrogens (tertiary/aromatic N) is 2. The van der Waals surface area contributed by atoms with Gasteiger partial charge in [-0.15, -0.1) is 0 Å². The van der Waals surface area contributed by atoms with Crippen molar-refractivity contribution in [2.75, 3.05) is 13.7 Å². The molecule has 1 heterocycles. The van der Waals surface area contributed by atoms with Crippen LogP contribution in [0.15, 0.2) is 6.20 Å². The van der Waals surface area contributed by atoms with Crippen molar-refractivity contribution in [2.45, 2.75) is 58.6 Å². The third kappa shape index (κ3) is 4.25. The molecule has 0 saturated heterocycles. The molecule has 1 aliphatic carbocycles. The Balaban J connectivity index is 1.96. The average Bonchev–Trinajstić information content (AvgIpc) is 2.44. The largest absolute Gasteiger partial charge is 0.381 e. The minimum atomic E-state index is 0.180. The van der Waals surface area contributed by atoms with Gasteiger partial charge in [-0.25, -0.2) is 9.97 Å². The zero-order valence-corrected chi connectivity index (χ0v) is 13.1. The van der Waals surface area contributed by atoms with Crippen molar-refractivity contribution in [1.29, 1.82) is 0 Å². The van der Waals surface area contributed by atoms with Crippen molar-refractivity contribution in [1.82, 2.24) is 15.3 Å². The minimum absolute atomic E-state index is 0.180. The molecule has 0 aromatic carbocycles. The van der Waals surface area contributed by atoms with Crippen LogP contribution in [0, 0.1) is 5.92 Å². The van der Waals surface area contributed by atoms with Gasteiger partial charge in [-0.05, 0) is 44.2 Å². The molecular formula is C16H27N3O. The van der Waals surface area contributed by atoms with Gasteiger partial charge in [0.15, 0.2) is 0 Å². The first-order chi connectivity index (χ1) is 9.58. The van der Waals surface area contributed by atoms with Crippen LogP contribution in [0.1, 0.15) is 44.3 Å². The Labute approximate surface area is 122 Å². The van der Waals surface area contributed by atoms with Crippen molar-refractivity contribution in [3.05, 3.63) is 23.3 Å². The lowest BCUT2D eigenvalue weighted by Gasteiger charge is -2.25. The highest BCUT2D eigenvalue weighted by Crippen LogP contribution is 2.23. The average molecular weight is 277 g/mol. The van der Waals surface area contributed by atoms with Crippen LogP contribution in [0.25, 0.3) is 0 Å². The van der Waals surface area contributed by atoms with Gasteiger partial charge in [0.2, 0.25) is 0 Å². The number of fused-ring (bicyclic) bond motifs is 1. The normalized spacial score (nSPS) is 19.9. The van der Waals surface area contributed by atoms with Gasteiger partial charge in [0.25, 0.3) is 0 Å². The third-order valence-corrected chi connectivity index (χ3v) is 3.99. The summed E-state index contributed by atoms with van der Waals surface area (Å²) >= 11 is 0. The minimum Gasteiger partial charge on any atom is -0.381 e. The van der Waals surface area contributed by atoms with Crippen LogP contribution in [0.3, 0.4) is 0 Å². The van der Waals surface area contributed by atoms with Crippen LogP contribution in [0.5, 0.6) is 0 Å². The lowest BCUT2D eigenvalue weighted by molar-refractivity contribution is 0.117. The number of aromatic nitrogens is 2. The molecule has 1 aromatic heterocycles. The monoisotopic (exact) mass is 277 g/mol. The summed E-state index contributed by atoms with van der Waals surface area (Å²) < 4.78 is 5.28. The first-order valence-electron chi connectivity index (χ1n) is 7.68. The van der Waals surface area contributed by atoms with Gasteiger partial charge in [0.05, 0.1) is 6.10 Å². The summed E-state index contributed by atoms with van der Waals surface area (Å²) in [5.74, 6) is 1.63. The van der Waals surface area contributed by atoms with Crippen LogP contribution in [0.4, 0.5) is 0 Å². The SMILES string of the molecule is COC(C)Cc1ncc2c(n1)CCC(CNC(C)C)C2. The predicted molar refractivity (Wildman–Crippen MR) is 80.9 cm³/mol. The highest BCUT2D eigenvalue weighted by atomic mass is 16.5. The molecule has 2 unspecified atom stereocenters. The van der Waals surface area contributed by atoms with Crippen molar-refractivity contribution in [3.8, 4) is 0 Å². The number of hydrogen-bond acceptors (Lipinski definition) is 4. The van der Waals surface area contributed by atoms with Gasteiger partial charge in [-0.2, -0.15) is 0 Å². The summed E-state index contributed by atoms with van der Waals surface area (Å²) in [7, 11) is 1.73. The molecule has 0 spiro atoms. The summed E-state index contributed by atoms with van der Waals surface area (Å²) in [6.45, 7) is 7.54. The summed E-state index contributed by atoms with van der Waals surface area (Å²) in [4.78, 5) is 9.22. The lowest BCUT2D eigenvalue weighted by atomic mass is 9.87. The molecule has 0 radical (unpaired) electrons. The van der Waals surface area contributed by atoms with E-state index in [4.69, 9.17) is 9.72 Å². The van der Waals surface area contributed by atoms with E-state index >= 15 is 0 Å². The first-order valence-corrected chi connectivity index (χ1v) is 7.68. The summed E-state index contributed by atoms with van der Waals surface area (Å²) in [6, 6.07) is 0.561. The Bertz CT molecular complexity index is 434. The molecule has 1 N–H and O–H groups in total. The Kier molecular flexibility index (Phi) is 5.49. The Morgan fingerprint density at radius 3 is 2.90 bits per heavy atom. The molecule has 0 aliphatic heterocycles. The molecule has 20 heavy (non-hydrogen) atoms. The van der Waals surface area contributed by atoms with Crippen LogP contribution in [-0.2, 0) is 24.0 Å². The van der Waals surface area contributed by atoms with Gasteiger partial charge < -0.3 is 10.1 Å². The van der Waals surface area contributed by atoms with Crippen LogP contribution >= 0.6 is 0 Å². The van der Waals surface area contributed by atoms with Gasteiger partial charge in [0, 0.05) is 31.5 Å². The highest BCUT2D eigenvalue weighted by Gasteiger charge is 2.20. The maximum absolute atomic E-state index is 5.28. The van der Waals surface area contributed by atoms with Crippen LogP contribution in [0.2, 0.25) is 0 Å². The molecule has 4 nitrogen and oxygen atoms in total. The topological polar surface area (TPSA) is 47.0 Å². The number of nitrogens with one attached hydrogen (secondary N) is 1. The van der Waals surface area contributed by atoms with Crippen molar-refractivity contribution in [3.63, 3.8) is 0 Å². The van der Waals surface area contributed by atoms with E-state index < -0.39 is 0 Å². The third-order valence-electron chi connectivity index (χ3n) is 3.99. The lowest BCUT2D eigenvalue weighted by Crippen LogP contribution is -2.32. The Morgan fingerprint density at radius 1 is 1.40 bits per heavy atom. The van der Waals surface area contributed by atoms with Gasteiger partial charge in [0.1, 0.15) is 5.82 Å². The second kappa shape index (κ2) is 7.14. The van der Waals surface area contributed by atoms with Crippen LogP contribution in [-0.4, -0.2) is 35.8 Å². The number of hydrogen-bond donors (Lipinski definition) is 1. The maximum Gasteiger partial charge on any atom is 0.131 e. The van der Waals surface area contributed by atoms with Gasteiger partial charge in [-0.1, -0.05) is 13.8 Å². The molecule has 112 valence electrons. The number of ether oxygens (including phenoxy) is 1. The zero-order valence-electron chi connectivity index (χ0n) is 13.1. The molecule has 0 bridgehead atoms. The van der Waals surface area contributed by atoms with E-state index in [1.165, 1.54) is 17.7 Å². The first kappa shape index (κ1) is 15.4. The van der Waals surface area contributed by atoms with E-state index in [0.29, 0.717) is 6.04 Å². The van der Waals surface area contributed by atoms with Crippen molar-refractivity contribution >= 4 is 0 Å². The maximum atomic E-state index is 5.28. The fraction of sp³-hybridized carbons (Fsp3) is 0.750. The molecule has 1 aliphatic rings. The number of methoxy groups -OCH3 is 1. The quantitative estimate of drug-likeness (QED) is 0.865. The molecule has 1 aromatic rings. The van der Waals surface area contributed by atoms with E-state index in [9.17, 15) is 0 Å². The van der Waals surface area contributed by atoms with E-state index in [2.05, 4.69) is 31.1 Å². The summed E-state index contributed by atoms with van der Waals surface area (Å²) in [5.41, 5.74) is 2.58. The Morgan fingerprint density at radius 2 is 2.20 bits per heavy atom.